The molecule has 1 atom stereocenters. The number of nitrogens with zero attached hydrogens (tertiary/aromatic N) is 1. The second kappa shape index (κ2) is 11.9. The highest BCUT2D eigenvalue weighted by Crippen LogP contribution is 2.19. The first kappa shape index (κ1) is 20.5. The van der Waals surface area contributed by atoms with Gasteiger partial charge in [-0.15, -0.1) is 0 Å². The van der Waals surface area contributed by atoms with Gasteiger partial charge in [-0.25, -0.2) is 0 Å². The molecule has 0 aromatic heterocycles. The zero-order valence-electron chi connectivity index (χ0n) is 15.6. The van der Waals surface area contributed by atoms with E-state index in [1.165, 1.54) is 58.3 Å². The average molecular weight is 335 g/mol. The standard InChI is InChI=1S/C20H34N2O2/c1-4-5-6-7-8-9-10-11-15-22(3)19-14-12-13-18(16-19)20(24)21-17(2)23/h12-14,16,20,24H,4-11,15H2,1-3H3,(H,21,23). The molecule has 1 rings (SSSR count). The number of carbonyl (C=O) groups is 1. The highest BCUT2D eigenvalue weighted by Gasteiger charge is 2.10. The number of rotatable bonds is 12. The van der Waals surface area contributed by atoms with Crippen LogP contribution in [0.4, 0.5) is 5.69 Å². The molecule has 0 saturated heterocycles. The first-order valence-corrected chi connectivity index (χ1v) is 9.31. The normalized spacial score (nSPS) is 12.0. The van der Waals surface area contributed by atoms with Gasteiger partial charge in [0.2, 0.25) is 5.91 Å². The minimum Gasteiger partial charge on any atom is -0.375 e. The van der Waals surface area contributed by atoms with Gasteiger partial charge in [0.15, 0.2) is 6.23 Å². The molecule has 0 aliphatic carbocycles. The molecule has 1 unspecified atom stereocenters. The maximum absolute atomic E-state index is 11.1. The first-order chi connectivity index (χ1) is 11.5. The zero-order valence-corrected chi connectivity index (χ0v) is 15.6. The summed E-state index contributed by atoms with van der Waals surface area (Å²) in [6.45, 7) is 4.66. The fourth-order valence-corrected chi connectivity index (χ4v) is 2.82. The van der Waals surface area contributed by atoms with Crippen LogP contribution >= 0.6 is 0 Å². The molecule has 136 valence electrons. The molecule has 2 N–H and O–H groups in total. The Morgan fingerprint density at radius 2 is 1.75 bits per heavy atom. The monoisotopic (exact) mass is 334 g/mol. The summed E-state index contributed by atoms with van der Waals surface area (Å²) in [5, 5.41) is 12.5. The number of aliphatic hydroxyl groups excluding tert-OH is 1. The van der Waals surface area contributed by atoms with E-state index in [9.17, 15) is 9.90 Å². The molecule has 1 aromatic carbocycles. The molecule has 0 fully saturated rings. The zero-order chi connectivity index (χ0) is 17.8. The van der Waals surface area contributed by atoms with Crippen molar-refractivity contribution >= 4 is 11.6 Å². The van der Waals surface area contributed by atoms with Gasteiger partial charge in [0.05, 0.1) is 0 Å². The minimum atomic E-state index is -0.945. The number of anilines is 1. The predicted octanol–water partition coefficient (Wildman–Crippen LogP) is 4.39. The van der Waals surface area contributed by atoms with Gasteiger partial charge in [-0.1, -0.05) is 64.0 Å². The molecule has 0 aliphatic rings. The molecule has 4 nitrogen and oxygen atoms in total. The molecule has 1 amide bonds. The van der Waals surface area contributed by atoms with Gasteiger partial charge >= 0.3 is 0 Å². The predicted molar refractivity (Wildman–Crippen MR) is 101 cm³/mol. The van der Waals surface area contributed by atoms with Crippen LogP contribution in [0.2, 0.25) is 0 Å². The van der Waals surface area contributed by atoms with Crippen molar-refractivity contribution < 1.29 is 9.90 Å². The Labute approximate surface area is 147 Å². The van der Waals surface area contributed by atoms with Crippen LogP contribution in [0.25, 0.3) is 0 Å². The lowest BCUT2D eigenvalue weighted by atomic mass is 10.1. The average Bonchev–Trinajstić information content (AvgIpc) is 2.56. The molecular weight excluding hydrogens is 300 g/mol. The summed E-state index contributed by atoms with van der Waals surface area (Å²) in [7, 11) is 2.07. The molecule has 0 aliphatic heterocycles. The van der Waals surface area contributed by atoms with E-state index in [0.29, 0.717) is 5.56 Å². The third kappa shape index (κ3) is 8.34. The number of nitrogens with one attached hydrogen (secondary N) is 1. The van der Waals surface area contributed by atoms with Gasteiger partial charge in [-0.2, -0.15) is 0 Å². The van der Waals surface area contributed by atoms with Crippen LogP contribution in [0.15, 0.2) is 24.3 Å². The highest BCUT2D eigenvalue weighted by molar-refractivity contribution is 5.73. The lowest BCUT2D eigenvalue weighted by molar-refractivity contribution is -0.122. The molecule has 0 radical (unpaired) electrons. The fraction of sp³-hybridized carbons (Fsp3) is 0.650. The summed E-state index contributed by atoms with van der Waals surface area (Å²) < 4.78 is 0. The Hall–Kier alpha value is -1.55. The summed E-state index contributed by atoms with van der Waals surface area (Å²) in [4.78, 5) is 13.3. The number of unbranched alkanes of at least 4 members (excludes halogenated alkanes) is 7. The van der Waals surface area contributed by atoms with Crippen LogP contribution < -0.4 is 10.2 Å². The first-order valence-electron chi connectivity index (χ1n) is 9.31. The second-order valence-electron chi connectivity index (χ2n) is 6.59. The van der Waals surface area contributed by atoms with Crippen LogP contribution in [-0.2, 0) is 4.79 Å². The molecular formula is C20H34N2O2. The van der Waals surface area contributed by atoms with Crippen molar-refractivity contribution in [3.05, 3.63) is 29.8 Å². The van der Waals surface area contributed by atoms with Crippen molar-refractivity contribution in [1.82, 2.24) is 5.32 Å². The van der Waals surface area contributed by atoms with Gasteiger partial charge in [-0.05, 0) is 18.6 Å². The van der Waals surface area contributed by atoms with E-state index in [0.717, 1.165) is 12.2 Å². The van der Waals surface area contributed by atoms with Gasteiger partial charge in [0.25, 0.3) is 0 Å². The van der Waals surface area contributed by atoms with E-state index in [1.807, 2.05) is 24.3 Å². The van der Waals surface area contributed by atoms with E-state index < -0.39 is 6.23 Å². The van der Waals surface area contributed by atoms with Crippen molar-refractivity contribution in [1.29, 1.82) is 0 Å². The van der Waals surface area contributed by atoms with Crippen molar-refractivity contribution in [3.63, 3.8) is 0 Å². The number of hydrogen-bond acceptors (Lipinski definition) is 3. The Morgan fingerprint density at radius 1 is 1.12 bits per heavy atom. The number of aliphatic hydroxyl groups is 1. The number of benzene rings is 1. The van der Waals surface area contributed by atoms with Crippen LogP contribution in [0.5, 0.6) is 0 Å². The second-order valence-corrected chi connectivity index (χ2v) is 6.59. The number of carbonyl (C=O) groups excluding carboxylic acids is 1. The van der Waals surface area contributed by atoms with Gasteiger partial charge in [0, 0.05) is 31.8 Å². The molecule has 4 heteroatoms. The van der Waals surface area contributed by atoms with Crippen LogP contribution in [0.3, 0.4) is 0 Å². The number of amides is 1. The van der Waals surface area contributed by atoms with E-state index >= 15 is 0 Å². The van der Waals surface area contributed by atoms with Crippen LogP contribution in [0.1, 0.15) is 77.0 Å². The summed E-state index contributed by atoms with van der Waals surface area (Å²) in [6, 6.07) is 7.72. The van der Waals surface area contributed by atoms with Crippen LogP contribution in [0, 0.1) is 0 Å². The molecule has 0 spiro atoms. The Bertz CT molecular complexity index is 476. The van der Waals surface area contributed by atoms with E-state index in [-0.39, 0.29) is 5.91 Å². The fourth-order valence-electron chi connectivity index (χ4n) is 2.82. The molecule has 0 bridgehead atoms. The quantitative estimate of drug-likeness (QED) is 0.440. The van der Waals surface area contributed by atoms with E-state index in [2.05, 4.69) is 24.2 Å². The third-order valence-corrected chi connectivity index (χ3v) is 4.31. The van der Waals surface area contributed by atoms with Gasteiger partial charge < -0.3 is 15.3 Å². The molecule has 0 saturated carbocycles. The van der Waals surface area contributed by atoms with E-state index in [4.69, 9.17) is 0 Å². The number of hydrogen-bond donors (Lipinski definition) is 2. The van der Waals surface area contributed by atoms with Crippen molar-refractivity contribution in [2.45, 2.75) is 71.4 Å². The maximum Gasteiger partial charge on any atom is 0.219 e. The summed E-state index contributed by atoms with van der Waals surface area (Å²) in [6.07, 6.45) is 9.59. The lowest BCUT2D eigenvalue weighted by Crippen LogP contribution is -2.26. The van der Waals surface area contributed by atoms with Crippen molar-refractivity contribution in [2.24, 2.45) is 0 Å². The minimum absolute atomic E-state index is 0.236. The SMILES string of the molecule is CCCCCCCCCCN(C)c1cccc(C(O)NC(C)=O)c1. The topological polar surface area (TPSA) is 52.6 Å². The lowest BCUT2D eigenvalue weighted by Gasteiger charge is -2.21. The summed E-state index contributed by atoms with van der Waals surface area (Å²) >= 11 is 0. The third-order valence-electron chi connectivity index (χ3n) is 4.31. The summed E-state index contributed by atoms with van der Waals surface area (Å²) in [5.41, 5.74) is 1.78. The Morgan fingerprint density at radius 3 is 2.38 bits per heavy atom. The van der Waals surface area contributed by atoms with Gasteiger partial charge in [0.1, 0.15) is 0 Å². The van der Waals surface area contributed by atoms with Crippen molar-refractivity contribution in [2.75, 3.05) is 18.5 Å². The Balaban J connectivity index is 2.32. The molecule has 1 aromatic rings. The smallest absolute Gasteiger partial charge is 0.219 e. The largest absolute Gasteiger partial charge is 0.375 e. The molecule has 0 heterocycles. The molecule has 24 heavy (non-hydrogen) atoms. The maximum atomic E-state index is 11.1. The Kier molecular flexibility index (Phi) is 10.2. The summed E-state index contributed by atoms with van der Waals surface area (Å²) in [5.74, 6) is -0.236. The van der Waals surface area contributed by atoms with Crippen molar-refractivity contribution in [3.8, 4) is 0 Å². The van der Waals surface area contributed by atoms with E-state index in [1.54, 1.807) is 0 Å². The van der Waals surface area contributed by atoms with Crippen LogP contribution in [-0.4, -0.2) is 24.6 Å². The van der Waals surface area contributed by atoms with Gasteiger partial charge in [-0.3, -0.25) is 4.79 Å². The highest BCUT2D eigenvalue weighted by atomic mass is 16.3.